The molecule has 0 fully saturated rings. The SMILES string of the molecule is CCN1C(=O)CCC(c2ccsc2Br)=C1c1ccc(F)cc1. The van der Waals surface area contributed by atoms with Gasteiger partial charge in [-0.1, -0.05) is 0 Å². The largest absolute Gasteiger partial charge is 0.312 e. The van der Waals surface area contributed by atoms with Gasteiger partial charge in [0.2, 0.25) is 5.91 Å². The number of nitrogens with zero attached hydrogens (tertiary/aromatic N) is 1. The standard InChI is InChI=1S/C17H15BrFNOS/c1-2-20-15(21)8-7-13(14-9-10-22-17(14)18)16(20)11-3-5-12(19)6-4-11/h3-6,9-10H,2,7-8H2,1H3. The van der Waals surface area contributed by atoms with Gasteiger partial charge in [0.15, 0.2) is 0 Å². The van der Waals surface area contributed by atoms with Gasteiger partial charge in [-0.05, 0) is 76.1 Å². The minimum absolute atomic E-state index is 0.122. The molecule has 1 aromatic heterocycles. The molecule has 2 aromatic rings. The molecule has 1 amide bonds. The van der Waals surface area contributed by atoms with Gasteiger partial charge in [-0.25, -0.2) is 4.39 Å². The van der Waals surface area contributed by atoms with Crippen molar-refractivity contribution in [2.45, 2.75) is 19.8 Å². The molecule has 0 radical (unpaired) electrons. The highest BCUT2D eigenvalue weighted by molar-refractivity contribution is 9.11. The van der Waals surface area contributed by atoms with Crippen LogP contribution in [-0.4, -0.2) is 17.4 Å². The van der Waals surface area contributed by atoms with Crippen molar-refractivity contribution in [1.29, 1.82) is 0 Å². The Balaban J connectivity index is 2.22. The van der Waals surface area contributed by atoms with Crippen LogP contribution in [0.3, 0.4) is 0 Å². The first kappa shape index (κ1) is 15.4. The number of carbonyl (C=O) groups excluding carboxylic acids is 1. The minimum Gasteiger partial charge on any atom is -0.312 e. The quantitative estimate of drug-likeness (QED) is 0.720. The molecule has 0 atom stereocenters. The summed E-state index contributed by atoms with van der Waals surface area (Å²) in [6.07, 6.45) is 1.22. The Hall–Kier alpha value is -1.46. The van der Waals surface area contributed by atoms with Crippen LogP contribution < -0.4 is 0 Å². The van der Waals surface area contributed by atoms with Gasteiger partial charge in [0.25, 0.3) is 0 Å². The molecule has 1 aliphatic heterocycles. The summed E-state index contributed by atoms with van der Waals surface area (Å²) in [5, 5.41) is 2.03. The number of rotatable bonds is 3. The van der Waals surface area contributed by atoms with E-state index in [0.717, 1.165) is 26.2 Å². The Morgan fingerprint density at radius 3 is 2.55 bits per heavy atom. The molecule has 22 heavy (non-hydrogen) atoms. The molecule has 0 N–H and O–H groups in total. The Labute approximate surface area is 141 Å². The molecule has 114 valence electrons. The molecular weight excluding hydrogens is 365 g/mol. The summed E-state index contributed by atoms with van der Waals surface area (Å²) in [6, 6.07) is 8.43. The number of benzene rings is 1. The van der Waals surface area contributed by atoms with Crippen molar-refractivity contribution >= 4 is 44.4 Å². The second-order valence-electron chi connectivity index (χ2n) is 5.08. The Morgan fingerprint density at radius 2 is 1.95 bits per heavy atom. The van der Waals surface area contributed by atoms with Crippen molar-refractivity contribution in [3.63, 3.8) is 0 Å². The van der Waals surface area contributed by atoms with Crippen LogP contribution in [0.15, 0.2) is 39.5 Å². The zero-order valence-electron chi connectivity index (χ0n) is 12.1. The lowest BCUT2D eigenvalue weighted by atomic mass is 9.92. The molecule has 0 spiro atoms. The first-order valence-corrected chi connectivity index (χ1v) is 8.82. The summed E-state index contributed by atoms with van der Waals surface area (Å²) in [4.78, 5) is 14.1. The van der Waals surface area contributed by atoms with Crippen LogP contribution in [0.2, 0.25) is 0 Å². The molecule has 2 heterocycles. The van der Waals surface area contributed by atoms with Crippen LogP contribution in [0.5, 0.6) is 0 Å². The maximum Gasteiger partial charge on any atom is 0.227 e. The van der Waals surface area contributed by atoms with E-state index in [0.29, 0.717) is 19.4 Å². The van der Waals surface area contributed by atoms with E-state index < -0.39 is 0 Å². The highest BCUT2D eigenvalue weighted by atomic mass is 79.9. The third-order valence-electron chi connectivity index (χ3n) is 3.82. The van der Waals surface area contributed by atoms with E-state index in [1.807, 2.05) is 12.3 Å². The fourth-order valence-corrected chi connectivity index (χ4v) is 4.15. The molecule has 1 aromatic carbocycles. The normalized spacial score (nSPS) is 15.6. The first-order valence-electron chi connectivity index (χ1n) is 7.14. The van der Waals surface area contributed by atoms with Crippen molar-refractivity contribution in [2.75, 3.05) is 6.54 Å². The smallest absolute Gasteiger partial charge is 0.227 e. The van der Waals surface area contributed by atoms with Crippen molar-refractivity contribution in [2.24, 2.45) is 0 Å². The van der Waals surface area contributed by atoms with E-state index in [1.165, 1.54) is 12.1 Å². The fraction of sp³-hybridized carbons (Fsp3) is 0.235. The van der Waals surface area contributed by atoms with Crippen molar-refractivity contribution in [1.82, 2.24) is 4.90 Å². The number of carbonyl (C=O) groups is 1. The van der Waals surface area contributed by atoms with Crippen LogP contribution in [-0.2, 0) is 4.79 Å². The van der Waals surface area contributed by atoms with Gasteiger partial charge in [0.05, 0.1) is 9.48 Å². The lowest BCUT2D eigenvalue weighted by Crippen LogP contribution is -2.33. The topological polar surface area (TPSA) is 20.3 Å². The van der Waals surface area contributed by atoms with E-state index in [4.69, 9.17) is 0 Å². The number of hydrogen-bond donors (Lipinski definition) is 0. The van der Waals surface area contributed by atoms with Crippen LogP contribution in [0.1, 0.15) is 30.9 Å². The van der Waals surface area contributed by atoms with Gasteiger partial charge in [0.1, 0.15) is 5.82 Å². The van der Waals surface area contributed by atoms with Gasteiger partial charge in [-0.15, -0.1) is 11.3 Å². The Kier molecular flexibility index (Phi) is 4.45. The van der Waals surface area contributed by atoms with Crippen LogP contribution >= 0.6 is 27.3 Å². The molecule has 0 bridgehead atoms. The number of amides is 1. The highest BCUT2D eigenvalue weighted by Crippen LogP contribution is 2.41. The van der Waals surface area contributed by atoms with Crippen LogP contribution in [0.4, 0.5) is 4.39 Å². The summed E-state index contributed by atoms with van der Waals surface area (Å²) in [5.74, 6) is -0.148. The third kappa shape index (κ3) is 2.75. The Bertz CT molecular complexity index is 735. The van der Waals surface area contributed by atoms with E-state index in [2.05, 4.69) is 22.0 Å². The van der Waals surface area contributed by atoms with Gasteiger partial charge < -0.3 is 4.90 Å². The highest BCUT2D eigenvalue weighted by Gasteiger charge is 2.28. The monoisotopic (exact) mass is 379 g/mol. The van der Waals surface area contributed by atoms with E-state index in [9.17, 15) is 9.18 Å². The van der Waals surface area contributed by atoms with E-state index >= 15 is 0 Å². The summed E-state index contributed by atoms with van der Waals surface area (Å²) in [5.41, 5.74) is 4.04. The summed E-state index contributed by atoms with van der Waals surface area (Å²) >= 11 is 5.22. The number of halogens is 2. The van der Waals surface area contributed by atoms with Gasteiger partial charge in [-0.3, -0.25) is 4.79 Å². The molecule has 0 saturated carbocycles. The summed E-state index contributed by atoms with van der Waals surface area (Å²) in [6.45, 7) is 2.57. The van der Waals surface area contributed by atoms with Gasteiger partial charge in [0, 0.05) is 18.5 Å². The van der Waals surface area contributed by atoms with Crippen molar-refractivity contribution < 1.29 is 9.18 Å². The molecule has 3 rings (SSSR count). The number of allylic oxidation sites excluding steroid dienone is 1. The minimum atomic E-state index is -0.271. The van der Waals surface area contributed by atoms with Gasteiger partial charge >= 0.3 is 0 Å². The average Bonchev–Trinajstić information content (AvgIpc) is 2.94. The fourth-order valence-electron chi connectivity index (χ4n) is 2.82. The lowest BCUT2D eigenvalue weighted by Gasteiger charge is -2.32. The van der Waals surface area contributed by atoms with Crippen LogP contribution in [0, 0.1) is 5.82 Å². The van der Waals surface area contributed by atoms with Gasteiger partial charge in [-0.2, -0.15) is 0 Å². The zero-order chi connectivity index (χ0) is 15.7. The molecule has 0 unspecified atom stereocenters. The predicted octanol–water partition coefficient (Wildman–Crippen LogP) is 5.16. The van der Waals surface area contributed by atoms with E-state index in [1.54, 1.807) is 28.4 Å². The molecular formula is C17H15BrFNOS. The number of thiophene rings is 1. The second-order valence-corrected chi connectivity index (χ2v) is 7.31. The predicted molar refractivity (Wildman–Crippen MR) is 91.9 cm³/mol. The lowest BCUT2D eigenvalue weighted by molar-refractivity contribution is -0.128. The first-order chi connectivity index (χ1) is 10.6. The number of hydrogen-bond acceptors (Lipinski definition) is 2. The van der Waals surface area contributed by atoms with E-state index in [-0.39, 0.29) is 11.7 Å². The molecule has 5 heteroatoms. The van der Waals surface area contributed by atoms with Crippen molar-refractivity contribution in [3.8, 4) is 0 Å². The molecule has 2 nitrogen and oxygen atoms in total. The molecule has 0 aliphatic carbocycles. The maximum atomic E-state index is 13.2. The second kappa shape index (κ2) is 6.34. The zero-order valence-corrected chi connectivity index (χ0v) is 14.5. The summed E-state index contributed by atoms with van der Waals surface area (Å²) < 4.78 is 14.3. The average molecular weight is 380 g/mol. The maximum absolute atomic E-state index is 13.2. The summed E-state index contributed by atoms with van der Waals surface area (Å²) in [7, 11) is 0. The molecule has 1 aliphatic rings. The Morgan fingerprint density at radius 1 is 1.23 bits per heavy atom. The van der Waals surface area contributed by atoms with Crippen molar-refractivity contribution in [3.05, 3.63) is 56.4 Å². The van der Waals surface area contributed by atoms with Crippen LogP contribution in [0.25, 0.3) is 11.3 Å². The third-order valence-corrected chi connectivity index (χ3v) is 5.51. The molecule has 0 saturated heterocycles.